The Hall–Kier alpha value is -2.69. The summed E-state index contributed by atoms with van der Waals surface area (Å²) in [4.78, 5) is 19.8. The largest absolute Gasteiger partial charge is 0.487 e. The smallest absolute Gasteiger partial charge is 0.220 e. The van der Waals surface area contributed by atoms with Crippen LogP contribution in [0.2, 0.25) is 0 Å². The molecule has 0 saturated heterocycles. The number of methoxy groups -OCH3 is 1. The van der Waals surface area contributed by atoms with E-state index in [2.05, 4.69) is 9.97 Å². The van der Waals surface area contributed by atoms with E-state index in [0.29, 0.717) is 23.9 Å². The van der Waals surface area contributed by atoms with Crippen molar-refractivity contribution in [3.63, 3.8) is 0 Å². The minimum Gasteiger partial charge on any atom is -0.487 e. The molecule has 0 saturated carbocycles. The molecule has 25 heavy (non-hydrogen) atoms. The average molecular weight is 338 g/mol. The first kappa shape index (κ1) is 17.1. The number of hydrogen-bond acceptors (Lipinski definition) is 5. The molecule has 0 bridgehead atoms. The molecule has 0 spiro atoms. The van der Waals surface area contributed by atoms with Crippen molar-refractivity contribution in [2.45, 2.75) is 32.6 Å². The summed E-state index contributed by atoms with van der Waals surface area (Å²) in [6.07, 6.45) is 6.70. The minimum atomic E-state index is 0.344. The Kier molecular flexibility index (Phi) is 5.43. The molecule has 0 atom stereocenters. The van der Waals surface area contributed by atoms with Gasteiger partial charge in [-0.1, -0.05) is 0 Å². The quantitative estimate of drug-likeness (QED) is 0.745. The standard InChI is InChI=1S/C20H22N2O3/c1-14-9-10-19(18(12-23)22-14)25-13-15-6-3-4-7-16(15)17-8-5-11-21-20(17)24-2/h5,8-12H,3-4,6-7,13H2,1-2H3. The fourth-order valence-electron chi connectivity index (χ4n) is 3.17. The number of aldehydes is 1. The maximum Gasteiger partial charge on any atom is 0.220 e. The molecular formula is C20H22N2O3. The van der Waals surface area contributed by atoms with Crippen molar-refractivity contribution in [2.75, 3.05) is 13.7 Å². The molecule has 1 aliphatic carbocycles. The monoisotopic (exact) mass is 338 g/mol. The number of ether oxygens (including phenoxy) is 2. The van der Waals surface area contributed by atoms with Crippen LogP contribution in [-0.4, -0.2) is 30.0 Å². The molecule has 5 heteroatoms. The van der Waals surface area contributed by atoms with E-state index in [1.165, 1.54) is 11.1 Å². The summed E-state index contributed by atoms with van der Waals surface area (Å²) < 4.78 is 11.4. The highest BCUT2D eigenvalue weighted by molar-refractivity contribution is 5.76. The van der Waals surface area contributed by atoms with Gasteiger partial charge in [0.1, 0.15) is 18.1 Å². The minimum absolute atomic E-state index is 0.344. The van der Waals surface area contributed by atoms with Crippen molar-refractivity contribution < 1.29 is 14.3 Å². The van der Waals surface area contributed by atoms with E-state index in [1.54, 1.807) is 19.4 Å². The van der Waals surface area contributed by atoms with Gasteiger partial charge in [-0.3, -0.25) is 4.79 Å². The molecule has 0 fully saturated rings. The molecule has 2 aromatic rings. The van der Waals surface area contributed by atoms with Crippen LogP contribution in [-0.2, 0) is 0 Å². The lowest BCUT2D eigenvalue weighted by atomic mass is 9.88. The maximum absolute atomic E-state index is 11.2. The molecule has 0 radical (unpaired) electrons. The van der Waals surface area contributed by atoms with E-state index in [-0.39, 0.29) is 0 Å². The number of pyridine rings is 2. The number of nitrogens with zero attached hydrogens (tertiary/aromatic N) is 2. The highest BCUT2D eigenvalue weighted by Crippen LogP contribution is 2.36. The number of aryl methyl sites for hydroxylation is 1. The molecule has 0 N–H and O–H groups in total. The third-order valence-corrected chi connectivity index (χ3v) is 4.41. The van der Waals surface area contributed by atoms with Gasteiger partial charge in [-0.2, -0.15) is 0 Å². The molecule has 0 unspecified atom stereocenters. The van der Waals surface area contributed by atoms with Gasteiger partial charge in [0.2, 0.25) is 5.88 Å². The SMILES string of the molecule is COc1ncccc1C1=C(COc2ccc(C)nc2C=O)CCCC1. The number of carbonyl (C=O) groups is 1. The Balaban J connectivity index is 1.88. The lowest BCUT2D eigenvalue weighted by molar-refractivity contribution is 0.111. The van der Waals surface area contributed by atoms with Crippen LogP contribution in [0.25, 0.3) is 5.57 Å². The molecule has 2 heterocycles. The molecule has 1 aliphatic rings. The first-order chi connectivity index (χ1) is 12.2. The van der Waals surface area contributed by atoms with Gasteiger partial charge in [0.25, 0.3) is 0 Å². The maximum atomic E-state index is 11.2. The van der Waals surface area contributed by atoms with Crippen molar-refractivity contribution >= 4 is 11.9 Å². The van der Waals surface area contributed by atoms with E-state index in [4.69, 9.17) is 9.47 Å². The molecule has 5 nitrogen and oxygen atoms in total. The number of hydrogen-bond donors (Lipinski definition) is 0. The zero-order valence-electron chi connectivity index (χ0n) is 14.6. The molecule has 0 amide bonds. The van der Waals surface area contributed by atoms with Crippen molar-refractivity contribution in [3.8, 4) is 11.6 Å². The summed E-state index contributed by atoms with van der Waals surface area (Å²) in [6.45, 7) is 2.30. The van der Waals surface area contributed by atoms with Gasteiger partial charge >= 0.3 is 0 Å². The van der Waals surface area contributed by atoms with Crippen LogP contribution in [0.15, 0.2) is 36.0 Å². The van der Waals surface area contributed by atoms with E-state index in [9.17, 15) is 4.79 Å². The summed E-state index contributed by atoms with van der Waals surface area (Å²) in [5.41, 5.74) is 4.64. The van der Waals surface area contributed by atoms with E-state index >= 15 is 0 Å². The average Bonchev–Trinajstić information content (AvgIpc) is 2.67. The van der Waals surface area contributed by atoms with Crippen LogP contribution < -0.4 is 9.47 Å². The van der Waals surface area contributed by atoms with Gasteiger partial charge in [-0.15, -0.1) is 0 Å². The Labute approximate surface area is 147 Å². The number of carbonyl (C=O) groups excluding carboxylic acids is 1. The first-order valence-corrected chi connectivity index (χ1v) is 8.49. The molecule has 2 aromatic heterocycles. The fraction of sp³-hybridized carbons (Fsp3) is 0.350. The highest BCUT2D eigenvalue weighted by atomic mass is 16.5. The molecule has 0 aliphatic heterocycles. The van der Waals surface area contributed by atoms with Gasteiger partial charge in [-0.25, -0.2) is 9.97 Å². The van der Waals surface area contributed by atoms with Crippen LogP contribution >= 0.6 is 0 Å². The Bertz CT molecular complexity index is 799. The number of aromatic nitrogens is 2. The second kappa shape index (κ2) is 7.92. The molecule has 130 valence electrons. The fourth-order valence-corrected chi connectivity index (χ4v) is 3.17. The summed E-state index contributed by atoms with van der Waals surface area (Å²) >= 11 is 0. The van der Waals surface area contributed by atoms with E-state index in [1.807, 2.05) is 25.1 Å². The van der Waals surface area contributed by atoms with E-state index < -0.39 is 0 Å². The van der Waals surface area contributed by atoms with Crippen LogP contribution in [0.4, 0.5) is 0 Å². The van der Waals surface area contributed by atoms with Crippen molar-refractivity contribution in [1.29, 1.82) is 0 Å². The number of rotatable bonds is 6. The topological polar surface area (TPSA) is 61.3 Å². The van der Waals surface area contributed by atoms with Crippen LogP contribution in [0, 0.1) is 6.92 Å². The Morgan fingerprint density at radius 1 is 1.20 bits per heavy atom. The molecule has 0 aromatic carbocycles. The third kappa shape index (κ3) is 3.87. The van der Waals surface area contributed by atoms with Crippen LogP contribution in [0.1, 0.15) is 47.4 Å². The predicted molar refractivity (Wildman–Crippen MR) is 96.0 cm³/mol. The van der Waals surface area contributed by atoms with Crippen molar-refractivity contribution in [3.05, 3.63) is 53.0 Å². The van der Waals surface area contributed by atoms with Crippen molar-refractivity contribution in [2.24, 2.45) is 0 Å². The van der Waals surface area contributed by atoms with Gasteiger partial charge < -0.3 is 9.47 Å². The van der Waals surface area contributed by atoms with Gasteiger partial charge in [0, 0.05) is 17.5 Å². The van der Waals surface area contributed by atoms with Crippen molar-refractivity contribution in [1.82, 2.24) is 9.97 Å². The first-order valence-electron chi connectivity index (χ1n) is 8.49. The van der Waals surface area contributed by atoms with Crippen LogP contribution in [0.5, 0.6) is 11.6 Å². The normalized spacial score (nSPS) is 14.3. The summed E-state index contributed by atoms with van der Waals surface area (Å²) in [7, 11) is 1.64. The second-order valence-electron chi connectivity index (χ2n) is 6.09. The zero-order valence-corrected chi connectivity index (χ0v) is 14.6. The Morgan fingerprint density at radius 3 is 2.84 bits per heavy atom. The summed E-state index contributed by atoms with van der Waals surface area (Å²) in [5, 5.41) is 0. The molecular weight excluding hydrogens is 316 g/mol. The second-order valence-corrected chi connectivity index (χ2v) is 6.09. The third-order valence-electron chi connectivity index (χ3n) is 4.41. The zero-order chi connectivity index (χ0) is 17.6. The summed E-state index contributed by atoms with van der Waals surface area (Å²) in [5.74, 6) is 1.17. The van der Waals surface area contributed by atoms with Gasteiger partial charge in [0.05, 0.1) is 7.11 Å². The van der Waals surface area contributed by atoms with Crippen LogP contribution in [0.3, 0.4) is 0 Å². The Morgan fingerprint density at radius 2 is 2.04 bits per heavy atom. The van der Waals surface area contributed by atoms with Gasteiger partial charge in [-0.05, 0) is 68.0 Å². The predicted octanol–water partition coefficient (Wildman–Crippen LogP) is 4.01. The van der Waals surface area contributed by atoms with Gasteiger partial charge in [0.15, 0.2) is 6.29 Å². The molecule has 3 rings (SSSR count). The lowest BCUT2D eigenvalue weighted by Gasteiger charge is -2.22. The number of allylic oxidation sites excluding steroid dienone is 1. The highest BCUT2D eigenvalue weighted by Gasteiger charge is 2.19. The summed E-state index contributed by atoms with van der Waals surface area (Å²) in [6, 6.07) is 7.62. The lowest BCUT2D eigenvalue weighted by Crippen LogP contribution is -2.10. The van der Waals surface area contributed by atoms with E-state index in [0.717, 1.165) is 43.2 Å².